The number of rotatable bonds is 9. The Bertz CT molecular complexity index is 384. The molecule has 1 fully saturated rings. The van der Waals surface area contributed by atoms with Crippen molar-refractivity contribution in [2.45, 2.75) is 64.8 Å². The van der Waals surface area contributed by atoms with Crippen LogP contribution in [0.15, 0.2) is 0 Å². The van der Waals surface area contributed by atoms with Gasteiger partial charge in [-0.05, 0) is 12.8 Å². The van der Waals surface area contributed by atoms with E-state index in [1.165, 1.54) is 4.90 Å². The maximum Gasteiger partial charge on any atom is 0.308 e. The molecule has 0 radical (unpaired) electrons. The number of amides is 2. The van der Waals surface area contributed by atoms with Gasteiger partial charge in [0.05, 0.1) is 13.0 Å². The van der Waals surface area contributed by atoms with E-state index >= 15 is 0 Å². The fraction of sp³-hybridized carbons (Fsp3) is 0.812. The molecule has 0 aromatic rings. The Hall–Kier alpha value is -1.59. The highest BCUT2D eigenvalue weighted by molar-refractivity contribution is 5.91. The monoisotopic (exact) mass is 312 g/mol. The largest absolute Gasteiger partial charge is 0.466 e. The SMILES string of the molecule is CCCCCCC(=O)N1CCNC(=O)C1CC(=O)OCCC. The number of ether oxygens (including phenoxy) is 1. The van der Waals surface area contributed by atoms with Crippen LogP contribution < -0.4 is 5.32 Å². The normalized spacial score (nSPS) is 18.0. The van der Waals surface area contributed by atoms with Gasteiger partial charge in [0.25, 0.3) is 0 Å². The second kappa shape index (κ2) is 10.2. The van der Waals surface area contributed by atoms with Crippen molar-refractivity contribution in [3.05, 3.63) is 0 Å². The average Bonchev–Trinajstić information content (AvgIpc) is 2.51. The summed E-state index contributed by atoms with van der Waals surface area (Å²) in [6.45, 7) is 5.28. The van der Waals surface area contributed by atoms with Crippen molar-refractivity contribution in [3.8, 4) is 0 Å². The number of nitrogens with zero attached hydrogens (tertiary/aromatic N) is 1. The first kappa shape index (κ1) is 18.5. The van der Waals surface area contributed by atoms with Gasteiger partial charge in [0.15, 0.2) is 0 Å². The predicted octanol–water partition coefficient (Wildman–Crippen LogP) is 1.63. The van der Waals surface area contributed by atoms with E-state index in [1.807, 2.05) is 6.92 Å². The Morgan fingerprint density at radius 2 is 2.00 bits per heavy atom. The lowest BCUT2D eigenvalue weighted by Gasteiger charge is -2.34. The van der Waals surface area contributed by atoms with Gasteiger partial charge in [-0.15, -0.1) is 0 Å². The van der Waals surface area contributed by atoms with Crippen molar-refractivity contribution in [2.24, 2.45) is 0 Å². The smallest absolute Gasteiger partial charge is 0.308 e. The summed E-state index contributed by atoms with van der Waals surface area (Å²) in [5, 5.41) is 2.71. The lowest BCUT2D eigenvalue weighted by atomic mass is 10.1. The Kier molecular flexibility index (Phi) is 8.55. The lowest BCUT2D eigenvalue weighted by Crippen LogP contribution is -2.57. The summed E-state index contributed by atoms with van der Waals surface area (Å²) in [5.41, 5.74) is 0. The molecule has 0 aromatic carbocycles. The van der Waals surface area contributed by atoms with E-state index in [-0.39, 0.29) is 18.2 Å². The van der Waals surface area contributed by atoms with Gasteiger partial charge in [-0.25, -0.2) is 0 Å². The number of hydrogen-bond donors (Lipinski definition) is 1. The highest BCUT2D eigenvalue weighted by Crippen LogP contribution is 2.14. The van der Waals surface area contributed by atoms with E-state index in [4.69, 9.17) is 4.74 Å². The van der Waals surface area contributed by atoms with Gasteiger partial charge >= 0.3 is 5.97 Å². The number of carbonyl (C=O) groups is 3. The quantitative estimate of drug-likeness (QED) is 0.518. The van der Waals surface area contributed by atoms with E-state index in [2.05, 4.69) is 12.2 Å². The van der Waals surface area contributed by atoms with Crippen molar-refractivity contribution in [3.63, 3.8) is 0 Å². The number of carbonyl (C=O) groups excluding carboxylic acids is 3. The molecular formula is C16H28N2O4. The van der Waals surface area contributed by atoms with E-state index in [1.54, 1.807) is 0 Å². The second-order valence-corrected chi connectivity index (χ2v) is 5.63. The summed E-state index contributed by atoms with van der Waals surface area (Å²) in [6.07, 6.45) is 5.19. The number of unbranched alkanes of at least 4 members (excludes halogenated alkanes) is 3. The molecule has 0 bridgehead atoms. The van der Waals surface area contributed by atoms with Crippen molar-refractivity contribution in [2.75, 3.05) is 19.7 Å². The summed E-state index contributed by atoms with van der Waals surface area (Å²) in [4.78, 5) is 37.6. The molecular weight excluding hydrogens is 284 g/mol. The first-order valence-corrected chi connectivity index (χ1v) is 8.33. The molecule has 0 spiro atoms. The van der Waals surface area contributed by atoms with Crippen molar-refractivity contribution < 1.29 is 19.1 Å². The Balaban J connectivity index is 2.54. The van der Waals surface area contributed by atoms with Gasteiger partial charge in [-0.2, -0.15) is 0 Å². The standard InChI is InChI=1S/C16H28N2O4/c1-3-5-6-7-8-14(19)18-10-9-17-16(21)13(18)12-15(20)22-11-4-2/h13H,3-12H2,1-2H3,(H,17,21). The Labute approximate surface area is 132 Å². The van der Waals surface area contributed by atoms with E-state index < -0.39 is 12.0 Å². The van der Waals surface area contributed by atoms with Gasteiger partial charge in [-0.3, -0.25) is 14.4 Å². The van der Waals surface area contributed by atoms with Crippen molar-refractivity contribution >= 4 is 17.8 Å². The molecule has 6 nitrogen and oxygen atoms in total. The van der Waals surface area contributed by atoms with Crippen molar-refractivity contribution in [1.82, 2.24) is 10.2 Å². The summed E-state index contributed by atoms with van der Waals surface area (Å²) in [6, 6.07) is -0.725. The van der Waals surface area contributed by atoms with Crippen LogP contribution in [0, 0.1) is 0 Å². The first-order chi connectivity index (χ1) is 10.6. The third-order valence-electron chi connectivity index (χ3n) is 3.72. The van der Waals surface area contributed by atoms with Crippen LogP contribution >= 0.6 is 0 Å². The molecule has 0 saturated carbocycles. The van der Waals surface area contributed by atoms with Crippen LogP contribution in [0.25, 0.3) is 0 Å². The van der Waals surface area contributed by atoms with Crippen LogP contribution in [-0.2, 0) is 19.1 Å². The van der Waals surface area contributed by atoms with E-state index in [0.29, 0.717) is 26.1 Å². The van der Waals surface area contributed by atoms with Crippen LogP contribution in [-0.4, -0.2) is 48.4 Å². The average molecular weight is 312 g/mol. The summed E-state index contributed by atoms with van der Waals surface area (Å²) < 4.78 is 5.03. The predicted molar refractivity (Wildman–Crippen MR) is 83.1 cm³/mol. The molecule has 2 amide bonds. The molecule has 1 N–H and O–H groups in total. The Morgan fingerprint density at radius 1 is 1.23 bits per heavy atom. The zero-order valence-corrected chi connectivity index (χ0v) is 13.7. The Morgan fingerprint density at radius 3 is 2.68 bits per heavy atom. The number of nitrogens with one attached hydrogen (secondary N) is 1. The van der Waals surface area contributed by atoms with Crippen LogP contribution in [0.5, 0.6) is 0 Å². The van der Waals surface area contributed by atoms with Gasteiger partial charge in [0.2, 0.25) is 11.8 Å². The zero-order valence-electron chi connectivity index (χ0n) is 13.7. The fourth-order valence-corrected chi connectivity index (χ4v) is 2.50. The zero-order chi connectivity index (χ0) is 16.4. The molecule has 1 heterocycles. The summed E-state index contributed by atoms with van der Waals surface area (Å²) in [5.74, 6) is -0.728. The topological polar surface area (TPSA) is 75.7 Å². The summed E-state index contributed by atoms with van der Waals surface area (Å²) >= 11 is 0. The lowest BCUT2D eigenvalue weighted by molar-refractivity contribution is -0.152. The minimum atomic E-state index is -0.725. The molecule has 22 heavy (non-hydrogen) atoms. The molecule has 0 aliphatic carbocycles. The van der Waals surface area contributed by atoms with Crippen LogP contribution in [0.2, 0.25) is 0 Å². The number of piperazine rings is 1. The molecule has 1 rings (SSSR count). The maximum absolute atomic E-state index is 12.3. The molecule has 1 atom stereocenters. The fourth-order valence-electron chi connectivity index (χ4n) is 2.50. The molecule has 1 aliphatic heterocycles. The second-order valence-electron chi connectivity index (χ2n) is 5.63. The van der Waals surface area contributed by atoms with Gasteiger partial charge < -0.3 is 15.0 Å². The van der Waals surface area contributed by atoms with Gasteiger partial charge in [0.1, 0.15) is 6.04 Å². The molecule has 1 unspecified atom stereocenters. The highest BCUT2D eigenvalue weighted by Gasteiger charge is 2.34. The van der Waals surface area contributed by atoms with E-state index in [0.717, 1.165) is 32.1 Å². The number of esters is 1. The van der Waals surface area contributed by atoms with E-state index in [9.17, 15) is 14.4 Å². The van der Waals surface area contributed by atoms with Crippen molar-refractivity contribution in [1.29, 1.82) is 0 Å². The summed E-state index contributed by atoms with van der Waals surface area (Å²) in [7, 11) is 0. The molecule has 1 saturated heterocycles. The third kappa shape index (κ3) is 6.03. The van der Waals surface area contributed by atoms with Crippen LogP contribution in [0.1, 0.15) is 58.8 Å². The molecule has 126 valence electrons. The molecule has 6 heteroatoms. The maximum atomic E-state index is 12.3. The molecule has 0 aromatic heterocycles. The minimum absolute atomic E-state index is 0.0424. The van der Waals surface area contributed by atoms with Gasteiger partial charge in [0, 0.05) is 19.5 Å². The number of hydrogen-bond acceptors (Lipinski definition) is 4. The highest BCUT2D eigenvalue weighted by atomic mass is 16.5. The third-order valence-corrected chi connectivity index (χ3v) is 3.72. The molecule has 1 aliphatic rings. The first-order valence-electron chi connectivity index (χ1n) is 8.33. The van der Waals surface area contributed by atoms with Gasteiger partial charge in [-0.1, -0.05) is 33.1 Å². The minimum Gasteiger partial charge on any atom is -0.466 e. The van der Waals surface area contributed by atoms with Crippen LogP contribution in [0.3, 0.4) is 0 Å². The van der Waals surface area contributed by atoms with Crippen LogP contribution in [0.4, 0.5) is 0 Å².